The highest BCUT2D eigenvalue weighted by Gasteiger charge is 2.13. The summed E-state index contributed by atoms with van der Waals surface area (Å²) in [5, 5.41) is 4.76. The van der Waals surface area contributed by atoms with Crippen molar-refractivity contribution in [2.45, 2.75) is 0 Å². The number of hydrogen-bond donors (Lipinski definition) is 0. The molecule has 3 aromatic carbocycles. The summed E-state index contributed by atoms with van der Waals surface area (Å²) in [5.74, 6) is 0.663. The van der Waals surface area contributed by atoms with Gasteiger partial charge in [0.05, 0.1) is 0 Å². The van der Waals surface area contributed by atoms with Crippen molar-refractivity contribution < 1.29 is 4.42 Å². The zero-order valence-electron chi connectivity index (χ0n) is 13.6. The van der Waals surface area contributed by atoms with Crippen LogP contribution in [0.15, 0.2) is 69.0 Å². The summed E-state index contributed by atoms with van der Waals surface area (Å²) in [4.78, 5) is 8.23. The molecule has 5 rings (SSSR count). The van der Waals surface area contributed by atoms with Crippen molar-refractivity contribution in [3.8, 4) is 0 Å². The van der Waals surface area contributed by atoms with Gasteiger partial charge in [0, 0.05) is 43.6 Å². The molecule has 5 aromatic rings. The van der Waals surface area contributed by atoms with Gasteiger partial charge in [0.15, 0.2) is 5.84 Å². The third-order valence-corrected chi connectivity index (χ3v) is 5.72. The van der Waals surface area contributed by atoms with Gasteiger partial charge in [0.1, 0.15) is 11.2 Å². The van der Waals surface area contributed by atoms with Crippen molar-refractivity contribution in [3.63, 3.8) is 0 Å². The maximum absolute atomic E-state index is 6.02. The Morgan fingerprint density at radius 1 is 0.880 bits per heavy atom. The second kappa shape index (κ2) is 5.26. The van der Waals surface area contributed by atoms with Crippen LogP contribution in [0.1, 0.15) is 5.56 Å². The minimum atomic E-state index is 0.663. The maximum Gasteiger partial charge on any atom is 0.153 e. The fourth-order valence-electron chi connectivity index (χ4n) is 3.43. The van der Waals surface area contributed by atoms with E-state index in [1.807, 2.05) is 24.3 Å². The lowest BCUT2D eigenvalue weighted by Crippen LogP contribution is -1.95. The van der Waals surface area contributed by atoms with E-state index in [1.54, 1.807) is 18.4 Å². The minimum Gasteiger partial charge on any atom is -0.456 e. The van der Waals surface area contributed by atoms with Crippen LogP contribution >= 0.6 is 11.3 Å². The summed E-state index contributed by atoms with van der Waals surface area (Å²) in [6, 6.07) is 18.9. The normalized spacial score (nSPS) is 12.6. The Hall–Kier alpha value is -2.98. The van der Waals surface area contributed by atoms with Crippen LogP contribution in [0.3, 0.4) is 0 Å². The van der Waals surface area contributed by atoms with Crippen LogP contribution in [-0.4, -0.2) is 19.6 Å². The molecule has 0 N–H and O–H groups in total. The minimum absolute atomic E-state index is 0.663. The number of fused-ring (bicyclic) bond motifs is 6. The zero-order valence-corrected chi connectivity index (χ0v) is 14.4. The van der Waals surface area contributed by atoms with Gasteiger partial charge >= 0.3 is 0 Å². The molecule has 0 bridgehead atoms. The van der Waals surface area contributed by atoms with Crippen LogP contribution in [0.2, 0.25) is 0 Å². The molecule has 0 saturated heterocycles. The average Bonchev–Trinajstić information content (AvgIpc) is 3.18. The van der Waals surface area contributed by atoms with Gasteiger partial charge in [-0.2, -0.15) is 0 Å². The van der Waals surface area contributed by atoms with E-state index in [0.717, 1.165) is 27.5 Å². The third kappa shape index (κ3) is 2.04. The summed E-state index contributed by atoms with van der Waals surface area (Å²) in [6.07, 6.45) is 0. The fraction of sp³-hybridized carbons (Fsp3) is 0.0476. The van der Waals surface area contributed by atoms with Crippen molar-refractivity contribution in [2.24, 2.45) is 9.98 Å². The molecular weight excluding hydrogens is 328 g/mol. The van der Waals surface area contributed by atoms with E-state index < -0.39 is 0 Å². The Balaban J connectivity index is 1.88. The highest BCUT2D eigenvalue weighted by Crippen LogP contribution is 2.39. The van der Waals surface area contributed by atoms with E-state index in [1.165, 1.54) is 20.2 Å². The molecule has 3 nitrogen and oxygen atoms in total. The molecule has 4 heteroatoms. The van der Waals surface area contributed by atoms with Crippen LogP contribution in [0.25, 0.3) is 42.1 Å². The number of furan rings is 1. The number of hydrogen-bond acceptors (Lipinski definition) is 3. The maximum atomic E-state index is 6.02. The molecule has 0 saturated carbocycles. The van der Waals surface area contributed by atoms with Gasteiger partial charge in [0.2, 0.25) is 0 Å². The number of amidine groups is 1. The molecule has 120 valence electrons. The lowest BCUT2D eigenvalue weighted by Gasteiger charge is -2.00. The molecule has 25 heavy (non-hydrogen) atoms. The van der Waals surface area contributed by atoms with Crippen molar-refractivity contribution in [2.75, 3.05) is 7.05 Å². The quantitative estimate of drug-likeness (QED) is 0.271. The monoisotopic (exact) mass is 342 g/mol. The largest absolute Gasteiger partial charge is 0.456 e. The number of nitrogens with zero attached hydrogens (tertiary/aromatic N) is 2. The Morgan fingerprint density at radius 2 is 1.72 bits per heavy atom. The molecule has 0 unspecified atom stereocenters. The smallest absolute Gasteiger partial charge is 0.153 e. The Bertz CT molecular complexity index is 1320. The van der Waals surface area contributed by atoms with E-state index in [2.05, 4.69) is 47.0 Å². The van der Waals surface area contributed by atoms with Crippen molar-refractivity contribution in [1.29, 1.82) is 0 Å². The van der Waals surface area contributed by atoms with Gasteiger partial charge in [-0.15, -0.1) is 11.3 Å². The standard InChI is InChI=1S/C21H14N2OS/c1-22-21(23-2)12-7-8-19-15(9-12)16-10-14-13-5-3-4-6-17(13)24-18(14)11-20(16)25-19/h3-11H,1H2,2H3/b23-21-. The molecule has 0 spiro atoms. The van der Waals surface area contributed by atoms with Crippen LogP contribution < -0.4 is 0 Å². The van der Waals surface area contributed by atoms with Crippen LogP contribution in [0, 0.1) is 0 Å². The van der Waals surface area contributed by atoms with Crippen molar-refractivity contribution in [1.82, 2.24) is 0 Å². The van der Waals surface area contributed by atoms with Gasteiger partial charge in [-0.25, -0.2) is 4.99 Å². The lowest BCUT2D eigenvalue weighted by molar-refractivity contribution is 0.669. The van der Waals surface area contributed by atoms with Gasteiger partial charge in [-0.1, -0.05) is 18.2 Å². The molecule has 0 aliphatic rings. The molecular formula is C21H14N2OS. The molecule has 0 atom stereocenters. The number of aliphatic imine (C=N–C) groups is 2. The van der Waals surface area contributed by atoms with E-state index in [0.29, 0.717) is 5.84 Å². The predicted molar refractivity (Wildman–Crippen MR) is 109 cm³/mol. The van der Waals surface area contributed by atoms with Gasteiger partial charge < -0.3 is 4.42 Å². The summed E-state index contributed by atoms with van der Waals surface area (Å²) >= 11 is 1.78. The van der Waals surface area contributed by atoms with E-state index in [4.69, 9.17) is 4.42 Å². The SMILES string of the molecule is C=N/C(=N\C)c1ccc2sc3cc4oc5ccccc5c4cc3c2c1. The number of rotatable bonds is 1. The molecule has 2 aromatic heterocycles. The van der Waals surface area contributed by atoms with Crippen LogP contribution in [0.4, 0.5) is 0 Å². The molecule has 0 fully saturated rings. The summed E-state index contributed by atoms with van der Waals surface area (Å²) in [7, 11) is 1.74. The fourth-order valence-corrected chi connectivity index (χ4v) is 4.52. The first-order valence-electron chi connectivity index (χ1n) is 8.00. The third-order valence-electron chi connectivity index (χ3n) is 4.59. The topological polar surface area (TPSA) is 37.9 Å². The van der Waals surface area contributed by atoms with E-state index >= 15 is 0 Å². The Kier molecular flexibility index (Phi) is 3.02. The predicted octanol–water partition coefficient (Wildman–Crippen LogP) is 6.03. The van der Waals surface area contributed by atoms with Crippen molar-refractivity contribution in [3.05, 3.63) is 60.2 Å². The molecule has 0 radical (unpaired) electrons. The summed E-state index contributed by atoms with van der Waals surface area (Å²) in [6.45, 7) is 3.62. The zero-order chi connectivity index (χ0) is 17.0. The highest BCUT2D eigenvalue weighted by molar-refractivity contribution is 7.25. The van der Waals surface area contributed by atoms with E-state index in [9.17, 15) is 0 Å². The number of benzene rings is 3. The summed E-state index contributed by atoms with van der Waals surface area (Å²) in [5.41, 5.74) is 2.85. The number of thiophene rings is 1. The highest BCUT2D eigenvalue weighted by atomic mass is 32.1. The van der Waals surface area contributed by atoms with Crippen LogP contribution in [0.5, 0.6) is 0 Å². The molecule has 0 aliphatic carbocycles. The molecule has 0 aliphatic heterocycles. The molecule has 2 heterocycles. The summed E-state index contributed by atoms with van der Waals surface area (Å²) < 4.78 is 8.49. The van der Waals surface area contributed by atoms with Crippen LogP contribution in [-0.2, 0) is 0 Å². The Labute approximate surface area is 147 Å². The van der Waals surface area contributed by atoms with Gasteiger partial charge in [-0.05, 0) is 43.1 Å². The molecule has 0 amide bonds. The first-order valence-corrected chi connectivity index (χ1v) is 8.81. The number of para-hydroxylation sites is 1. The van der Waals surface area contributed by atoms with Crippen molar-refractivity contribution >= 4 is 66.0 Å². The first-order chi connectivity index (χ1) is 12.3. The second-order valence-corrected chi connectivity index (χ2v) is 7.04. The van der Waals surface area contributed by atoms with Gasteiger partial charge in [0.25, 0.3) is 0 Å². The first kappa shape index (κ1) is 14.4. The lowest BCUT2D eigenvalue weighted by atomic mass is 10.1. The second-order valence-electron chi connectivity index (χ2n) is 5.96. The van der Waals surface area contributed by atoms with Gasteiger partial charge in [-0.3, -0.25) is 4.99 Å². The van der Waals surface area contributed by atoms with E-state index in [-0.39, 0.29) is 0 Å². The average molecular weight is 342 g/mol. The Morgan fingerprint density at radius 3 is 2.56 bits per heavy atom.